The number of rotatable bonds is 1. The molecule has 5 rings (SSSR count). The summed E-state index contributed by atoms with van der Waals surface area (Å²) in [6, 6.07) is 17.4. The number of nitrogens with one attached hydrogen (secondary N) is 1. The summed E-state index contributed by atoms with van der Waals surface area (Å²) in [5.41, 5.74) is 3.67. The maximum atomic E-state index is 13.2. The van der Waals surface area contributed by atoms with Crippen molar-refractivity contribution in [3.05, 3.63) is 87.7 Å². The molecule has 134 valence electrons. The van der Waals surface area contributed by atoms with Gasteiger partial charge < -0.3 is 9.88 Å². The van der Waals surface area contributed by atoms with Crippen LogP contribution >= 0.6 is 0 Å². The Morgan fingerprint density at radius 2 is 1.74 bits per heavy atom. The normalized spacial score (nSPS) is 17.4. The smallest absolute Gasteiger partial charge is 0.254 e. The molecule has 1 saturated heterocycles. The second-order valence-electron chi connectivity index (χ2n) is 7.46. The molecule has 2 heterocycles. The van der Waals surface area contributed by atoms with Crippen LogP contribution in [0.5, 0.6) is 0 Å². The topological polar surface area (TPSA) is 53.2 Å². The van der Waals surface area contributed by atoms with Crippen LogP contribution in [0, 0.1) is 0 Å². The van der Waals surface area contributed by atoms with E-state index in [1.165, 1.54) is 17.2 Å². The van der Waals surface area contributed by atoms with Gasteiger partial charge in [0.1, 0.15) is 0 Å². The van der Waals surface area contributed by atoms with Gasteiger partial charge in [-0.05, 0) is 30.0 Å². The Bertz CT molecular complexity index is 1130. The third-order valence-electron chi connectivity index (χ3n) is 6.00. The second-order valence-corrected chi connectivity index (χ2v) is 7.46. The number of H-pyrrole nitrogens is 1. The molecular formula is C23H20N2O2. The van der Waals surface area contributed by atoms with Gasteiger partial charge in [0, 0.05) is 35.5 Å². The first-order chi connectivity index (χ1) is 13.2. The summed E-state index contributed by atoms with van der Waals surface area (Å²) in [5.74, 6) is -0.0533. The number of aromatic nitrogens is 1. The fraction of sp³-hybridized carbons (Fsp3) is 0.217. The maximum absolute atomic E-state index is 13.2. The lowest BCUT2D eigenvalue weighted by atomic mass is 9.74. The minimum Gasteiger partial charge on any atom is -0.339 e. The van der Waals surface area contributed by atoms with Crippen molar-refractivity contribution in [2.45, 2.75) is 18.3 Å². The number of allylic oxidation sites excluding steroid dienone is 1. The van der Waals surface area contributed by atoms with Crippen molar-refractivity contribution >= 4 is 22.9 Å². The Hall–Kier alpha value is -3.14. The van der Waals surface area contributed by atoms with E-state index in [9.17, 15) is 9.59 Å². The summed E-state index contributed by atoms with van der Waals surface area (Å²) in [7, 11) is 0. The van der Waals surface area contributed by atoms with Crippen molar-refractivity contribution < 1.29 is 4.79 Å². The van der Waals surface area contributed by atoms with Crippen molar-refractivity contribution in [3.8, 4) is 0 Å². The zero-order chi connectivity index (χ0) is 18.4. The Kier molecular flexibility index (Phi) is 3.54. The molecular weight excluding hydrogens is 336 g/mol. The molecule has 1 spiro atoms. The minimum absolute atomic E-state index is 0.0452. The fourth-order valence-electron chi connectivity index (χ4n) is 4.53. The highest BCUT2D eigenvalue weighted by Crippen LogP contribution is 2.43. The van der Waals surface area contributed by atoms with Gasteiger partial charge in [-0.2, -0.15) is 0 Å². The molecule has 1 aliphatic carbocycles. The number of pyridine rings is 1. The van der Waals surface area contributed by atoms with Gasteiger partial charge in [0.25, 0.3) is 5.91 Å². The van der Waals surface area contributed by atoms with Crippen LogP contribution in [0.15, 0.2) is 65.5 Å². The molecule has 1 N–H and O–H groups in total. The van der Waals surface area contributed by atoms with E-state index in [2.05, 4.69) is 41.4 Å². The Balaban J connectivity index is 1.43. The number of carbonyl (C=O) groups excluding carboxylic acids is 1. The number of amides is 1. The minimum atomic E-state index is -0.238. The van der Waals surface area contributed by atoms with Crippen molar-refractivity contribution in [2.24, 2.45) is 0 Å². The number of aromatic amines is 1. The summed E-state index contributed by atoms with van der Waals surface area (Å²) in [5, 5.41) is 0.800. The summed E-state index contributed by atoms with van der Waals surface area (Å²) in [6.45, 7) is 1.39. The van der Waals surface area contributed by atoms with Crippen LogP contribution in [0.1, 0.15) is 34.3 Å². The first-order valence-electron chi connectivity index (χ1n) is 9.36. The van der Waals surface area contributed by atoms with Gasteiger partial charge in [0.05, 0.1) is 5.56 Å². The maximum Gasteiger partial charge on any atom is 0.254 e. The molecule has 4 nitrogen and oxygen atoms in total. The van der Waals surface area contributed by atoms with Gasteiger partial charge in [0.15, 0.2) is 0 Å². The van der Waals surface area contributed by atoms with Gasteiger partial charge in [-0.25, -0.2) is 0 Å². The largest absolute Gasteiger partial charge is 0.339 e. The molecule has 2 aromatic carbocycles. The number of likely N-dealkylation sites (tertiary alicyclic amines) is 1. The number of nitrogens with zero attached hydrogens (tertiary/aromatic N) is 1. The number of hydrogen-bond donors (Lipinski definition) is 1. The molecule has 1 fully saturated rings. The molecule has 0 unspecified atom stereocenters. The van der Waals surface area contributed by atoms with E-state index in [1.807, 2.05) is 29.2 Å². The number of hydrogen-bond acceptors (Lipinski definition) is 2. The molecule has 1 aliphatic heterocycles. The number of para-hydroxylation sites is 1. The van der Waals surface area contributed by atoms with E-state index in [4.69, 9.17) is 0 Å². The highest BCUT2D eigenvalue weighted by molar-refractivity contribution is 6.06. The molecule has 3 aromatic rings. The lowest BCUT2D eigenvalue weighted by molar-refractivity contribution is 0.0692. The van der Waals surface area contributed by atoms with Crippen LogP contribution in [0.2, 0.25) is 0 Å². The van der Waals surface area contributed by atoms with Gasteiger partial charge >= 0.3 is 0 Å². The monoisotopic (exact) mass is 356 g/mol. The summed E-state index contributed by atoms with van der Waals surface area (Å²) >= 11 is 0. The van der Waals surface area contributed by atoms with Crippen molar-refractivity contribution in [1.82, 2.24) is 9.88 Å². The third kappa shape index (κ3) is 2.52. The lowest BCUT2D eigenvalue weighted by Crippen LogP contribution is -2.44. The third-order valence-corrected chi connectivity index (χ3v) is 6.00. The molecule has 0 bridgehead atoms. The average Bonchev–Trinajstić information content (AvgIpc) is 3.06. The highest BCUT2D eigenvalue weighted by Gasteiger charge is 2.39. The fourth-order valence-corrected chi connectivity index (χ4v) is 4.53. The van der Waals surface area contributed by atoms with E-state index in [1.54, 1.807) is 0 Å². The molecule has 0 atom stereocenters. The van der Waals surface area contributed by atoms with Crippen LogP contribution < -0.4 is 5.56 Å². The number of carbonyl (C=O) groups is 1. The van der Waals surface area contributed by atoms with E-state index in [-0.39, 0.29) is 16.9 Å². The summed E-state index contributed by atoms with van der Waals surface area (Å²) < 4.78 is 0. The quantitative estimate of drug-likeness (QED) is 0.722. The van der Waals surface area contributed by atoms with E-state index >= 15 is 0 Å². The Morgan fingerprint density at radius 3 is 2.59 bits per heavy atom. The molecule has 1 amide bonds. The lowest BCUT2D eigenvalue weighted by Gasteiger charge is -2.39. The van der Waals surface area contributed by atoms with Gasteiger partial charge in [-0.1, -0.05) is 54.6 Å². The molecule has 4 heteroatoms. The van der Waals surface area contributed by atoms with E-state index in [0.717, 1.165) is 18.2 Å². The van der Waals surface area contributed by atoms with Crippen LogP contribution in [0.25, 0.3) is 17.0 Å². The standard InChI is InChI=1S/C23H20N2O2/c26-21-15-18(17-6-2-4-8-20(17)24-21)22(27)25-13-11-23(12-14-25)10-9-16-5-1-3-7-19(16)23/h1-10,15H,11-14H2,(H,24,26). The predicted molar refractivity (Wildman–Crippen MR) is 107 cm³/mol. The van der Waals surface area contributed by atoms with Gasteiger partial charge in [-0.15, -0.1) is 0 Å². The SMILES string of the molecule is O=C(c1cc(=O)[nH]c2ccccc12)N1CCC2(C=Cc3ccccc32)CC1. The van der Waals surface area contributed by atoms with Crippen molar-refractivity contribution in [1.29, 1.82) is 0 Å². The first kappa shape index (κ1) is 16.1. The van der Waals surface area contributed by atoms with Crippen molar-refractivity contribution in [3.63, 3.8) is 0 Å². The van der Waals surface area contributed by atoms with Crippen LogP contribution in [-0.4, -0.2) is 28.9 Å². The van der Waals surface area contributed by atoms with Crippen LogP contribution in [0.4, 0.5) is 0 Å². The molecule has 0 saturated carbocycles. The zero-order valence-corrected chi connectivity index (χ0v) is 14.9. The van der Waals surface area contributed by atoms with Gasteiger partial charge in [-0.3, -0.25) is 9.59 Å². The molecule has 27 heavy (non-hydrogen) atoms. The van der Waals surface area contributed by atoms with Gasteiger partial charge in [0.2, 0.25) is 5.56 Å². The summed E-state index contributed by atoms with van der Waals surface area (Å²) in [6.07, 6.45) is 6.33. The number of benzene rings is 2. The number of piperidine rings is 1. The first-order valence-corrected chi connectivity index (χ1v) is 9.36. The van der Waals surface area contributed by atoms with E-state index in [0.29, 0.717) is 24.2 Å². The van der Waals surface area contributed by atoms with Crippen LogP contribution in [0.3, 0.4) is 0 Å². The zero-order valence-electron chi connectivity index (χ0n) is 14.9. The summed E-state index contributed by atoms with van der Waals surface area (Å²) in [4.78, 5) is 29.9. The van der Waals surface area contributed by atoms with E-state index < -0.39 is 0 Å². The average molecular weight is 356 g/mol. The molecule has 0 radical (unpaired) electrons. The second kappa shape index (κ2) is 5.95. The highest BCUT2D eigenvalue weighted by atomic mass is 16.2. The van der Waals surface area contributed by atoms with Crippen molar-refractivity contribution in [2.75, 3.05) is 13.1 Å². The molecule has 2 aliphatic rings. The predicted octanol–water partition coefficient (Wildman–Crippen LogP) is 3.73. The number of fused-ring (bicyclic) bond motifs is 3. The van der Waals surface area contributed by atoms with Crippen LogP contribution in [-0.2, 0) is 5.41 Å². The Labute approximate surface area is 157 Å². The molecule has 1 aromatic heterocycles. The Morgan fingerprint density at radius 1 is 1.00 bits per heavy atom.